The Morgan fingerprint density at radius 2 is 2.00 bits per heavy atom. The summed E-state index contributed by atoms with van der Waals surface area (Å²) in [5.41, 5.74) is 7.54. The normalized spacial score (nSPS) is 10.1. The van der Waals surface area contributed by atoms with Gasteiger partial charge in [-0.1, -0.05) is 29.4 Å². The second kappa shape index (κ2) is 7.10. The van der Waals surface area contributed by atoms with Gasteiger partial charge in [0, 0.05) is 19.2 Å². The Morgan fingerprint density at radius 3 is 2.61 bits per heavy atom. The molecule has 0 radical (unpaired) electrons. The molecule has 6 heteroatoms. The lowest BCUT2D eigenvalue weighted by Gasteiger charge is -1.97. The van der Waals surface area contributed by atoms with Gasteiger partial charge in [-0.3, -0.25) is 0 Å². The van der Waals surface area contributed by atoms with Crippen molar-refractivity contribution in [3.05, 3.63) is 35.7 Å². The summed E-state index contributed by atoms with van der Waals surface area (Å²) < 4.78 is 10.1. The molecule has 0 amide bonds. The van der Waals surface area contributed by atoms with E-state index < -0.39 is 0 Å². The van der Waals surface area contributed by atoms with Crippen LogP contribution in [0.5, 0.6) is 0 Å². The van der Waals surface area contributed by atoms with Crippen LogP contribution in [0.4, 0.5) is 0 Å². The third-order valence-corrected chi connectivity index (χ3v) is 2.44. The fourth-order valence-electron chi connectivity index (χ4n) is 1.45. The molecule has 1 heterocycles. The van der Waals surface area contributed by atoms with Crippen LogP contribution in [0.2, 0.25) is 0 Å². The molecule has 1 aromatic heterocycles. The van der Waals surface area contributed by atoms with Crippen LogP contribution < -0.4 is 5.73 Å². The SMILES string of the molecule is COCCc1nc(-c2ccc(CN)cc2)no1.Cl. The molecule has 0 aliphatic heterocycles. The van der Waals surface area contributed by atoms with Crippen molar-refractivity contribution >= 4 is 12.4 Å². The summed E-state index contributed by atoms with van der Waals surface area (Å²) in [5, 5.41) is 3.92. The van der Waals surface area contributed by atoms with Crippen molar-refractivity contribution < 1.29 is 9.26 Å². The van der Waals surface area contributed by atoms with Gasteiger partial charge in [-0.15, -0.1) is 12.4 Å². The highest BCUT2D eigenvalue weighted by molar-refractivity contribution is 5.85. The van der Waals surface area contributed by atoms with Gasteiger partial charge in [0.05, 0.1) is 13.0 Å². The molecule has 0 saturated carbocycles. The van der Waals surface area contributed by atoms with Crippen molar-refractivity contribution in [2.45, 2.75) is 13.0 Å². The van der Waals surface area contributed by atoms with E-state index in [2.05, 4.69) is 10.1 Å². The highest BCUT2D eigenvalue weighted by atomic mass is 35.5. The maximum atomic E-state index is 5.53. The highest BCUT2D eigenvalue weighted by Crippen LogP contribution is 2.16. The number of benzene rings is 1. The number of rotatable bonds is 5. The number of methoxy groups -OCH3 is 1. The number of ether oxygens (including phenoxy) is 1. The number of aromatic nitrogens is 2. The molecular formula is C12H16ClN3O2. The van der Waals surface area contributed by atoms with Gasteiger partial charge >= 0.3 is 0 Å². The molecule has 98 valence electrons. The Hall–Kier alpha value is -1.43. The van der Waals surface area contributed by atoms with Gasteiger partial charge in [-0.25, -0.2) is 0 Å². The molecule has 0 saturated heterocycles. The van der Waals surface area contributed by atoms with Gasteiger partial charge in [0.15, 0.2) is 0 Å². The minimum Gasteiger partial charge on any atom is -0.384 e. The summed E-state index contributed by atoms with van der Waals surface area (Å²) in [6.45, 7) is 1.11. The molecule has 2 aromatic rings. The molecule has 5 nitrogen and oxygen atoms in total. The number of nitrogens with two attached hydrogens (primary N) is 1. The van der Waals surface area contributed by atoms with Gasteiger partial charge in [0.25, 0.3) is 0 Å². The van der Waals surface area contributed by atoms with E-state index in [1.165, 1.54) is 0 Å². The Bertz CT molecular complexity index is 470. The third kappa shape index (κ3) is 3.53. The topological polar surface area (TPSA) is 74.2 Å². The predicted molar refractivity (Wildman–Crippen MR) is 70.5 cm³/mol. The Morgan fingerprint density at radius 1 is 1.28 bits per heavy atom. The van der Waals surface area contributed by atoms with Crippen molar-refractivity contribution in [3.8, 4) is 11.4 Å². The molecule has 0 unspecified atom stereocenters. The maximum absolute atomic E-state index is 5.53. The minimum absolute atomic E-state index is 0. The van der Waals surface area contributed by atoms with E-state index in [4.69, 9.17) is 15.0 Å². The number of nitrogens with zero attached hydrogens (tertiary/aromatic N) is 2. The lowest BCUT2D eigenvalue weighted by atomic mass is 10.1. The molecule has 1 aromatic carbocycles. The predicted octanol–water partition coefficient (Wildman–Crippen LogP) is 1.81. The smallest absolute Gasteiger partial charge is 0.229 e. The molecule has 0 aliphatic carbocycles. The van der Waals surface area contributed by atoms with Crippen LogP contribution in [0.25, 0.3) is 11.4 Å². The molecule has 0 bridgehead atoms. The second-order valence-electron chi connectivity index (χ2n) is 3.66. The van der Waals surface area contributed by atoms with Crippen LogP contribution in [0, 0.1) is 0 Å². The van der Waals surface area contributed by atoms with Crippen LogP contribution in [-0.4, -0.2) is 23.9 Å². The Kier molecular flexibility index (Phi) is 5.77. The number of hydrogen-bond donors (Lipinski definition) is 1. The lowest BCUT2D eigenvalue weighted by molar-refractivity contribution is 0.192. The monoisotopic (exact) mass is 269 g/mol. The Balaban J connectivity index is 0.00000162. The minimum atomic E-state index is 0. The van der Waals surface area contributed by atoms with E-state index in [0.29, 0.717) is 31.3 Å². The first-order valence-electron chi connectivity index (χ1n) is 5.44. The first kappa shape index (κ1) is 14.6. The maximum Gasteiger partial charge on any atom is 0.229 e. The van der Waals surface area contributed by atoms with Crippen molar-refractivity contribution in [3.63, 3.8) is 0 Å². The summed E-state index contributed by atoms with van der Waals surface area (Å²) in [6, 6.07) is 7.79. The van der Waals surface area contributed by atoms with Gasteiger partial charge < -0.3 is 15.0 Å². The average molecular weight is 270 g/mol. The summed E-state index contributed by atoms with van der Waals surface area (Å²) in [7, 11) is 1.64. The molecule has 0 spiro atoms. The Labute approximate surface area is 112 Å². The second-order valence-corrected chi connectivity index (χ2v) is 3.66. The molecule has 0 atom stereocenters. The van der Waals surface area contributed by atoms with Crippen LogP contribution in [0.3, 0.4) is 0 Å². The van der Waals surface area contributed by atoms with E-state index in [9.17, 15) is 0 Å². The molecule has 0 fully saturated rings. The first-order valence-corrected chi connectivity index (χ1v) is 5.44. The van der Waals surface area contributed by atoms with E-state index in [1.54, 1.807) is 7.11 Å². The van der Waals surface area contributed by atoms with Gasteiger partial charge in [0.2, 0.25) is 11.7 Å². The lowest BCUT2D eigenvalue weighted by Crippen LogP contribution is -1.95. The van der Waals surface area contributed by atoms with E-state index in [0.717, 1.165) is 11.1 Å². The van der Waals surface area contributed by atoms with Gasteiger partial charge in [-0.2, -0.15) is 4.98 Å². The van der Waals surface area contributed by atoms with E-state index in [1.807, 2.05) is 24.3 Å². The first-order chi connectivity index (χ1) is 8.33. The molecule has 2 rings (SSSR count). The zero-order valence-electron chi connectivity index (χ0n) is 10.1. The van der Waals surface area contributed by atoms with Crippen molar-refractivity contribution in [2.75, 3.05) is 13.7 Å². The zero-order chi connectivity index (χ0) is 12.1. The zero-order valence-corrected chi connectivity index (χ0v) is 10.9. The van der Waals surface area contributed by atoms with Crippen molar-refractivity contribution in [1.29, 1.82) is 0 Å². The largest absolute Gasteiger partial charge is 0.384 e. The molecular weight excluding hydrogens is 254 g/mol. The van der Waals surface area contributed by atoms with Crippen molar-refractivity contribution in [2.24, 2.45) is 5.73 Å². The summed E-state index contributed by atoms with van der Waals surface area (Å²) in [6.07, 6.45) is 0.629. The fourth-order valence-corrected chi connectivity index (χ4v) is 1.45. The summed E-state index contributed by atoms with van der Waals surface area (Å²) >= 11 is 0. The molecule has 18 heavy (non-hydrogen) atoms. The van der Waals surface area contributed by atoms with Crippen LogP contribution in [0.15, 0.2) is 28.8 Å². The van der Waals surface area contributed by atoms with Crippen LogP contribution in [0.1, 0.15) is 11.5 Å². The summed E-state index contributed by atoms with van der Waals surface area (Å²) in [5.74, 6) is 1.18. The van der Waals surface area contributed by atoms with Gasteiger partial charge in [0.1, 0.15) is 0 Å². The summed E-state index contributed by atoms with van der Waals surface area (Å²) in [4.78, 5) is 4.28. The highest BCUT2D eigenvalue weighted by Gasteiger charge is 2.07. The van der Waals surface area contributed by atoms with E-state index >= 15 is 0 Å². The number of hydrogen-bond acceptors (Lipinski definition) is 5. The van der Waals surface area contributed by atoms with Crippen molar-refractivity contribution in [1.82, 2.24) is 10.1 Å². The average Bonchev–Trinajstić information content (AvgIpc) is 2.85. The quantitative estimate of drug-likeness (QED) is 0.896. The van der Waals surface area contributed by atoms with Gasteiger partial charge in [-0.05, 0) is 5.56 Å². The number of halogens is 1. The molecule has 0 aliphatic rings. The van der Waals surface area contributed by atoms with E-state index in [-0.39, 0.29) is 12.4 Å². The van der Waals surface area contributed by atoms with Crippen LogP contribution >= 0.6 is 12.4 Å². The van der Waals surface area contributed by atoms with Crippen LogP contribution in [-0.2, 0) is 17.7 Å². The standard InChI is InChI=1S/C12H15N3O2.ClH/c1-16-7-6-11-14-12(15-17-11)10-4-2-9(8-13)3-5-10;/h2-5H,6-8,13H2,1H3;1H. The fraction of sp³-hybridized carbons (Fsp3) is 0.333. The molecule has 2 N–H and O–H groups in total. The third-order valence-electron chi connectivity index (χ3n) is 2.44.